The van der Waals surface area contributed by atoms with E-state index >= 15 is 0 Å². The summed E-state index contributed by atoms with van der Waals surface area (Å²) in [5.41, 5.74) is 2.15. The molecule has 0 atom stereocenters. The van der Waals surface area contributed by atoms with E-state index in [1.54, 1.807) is 0 Å². The lowest BCUT2D eigenvalue weighted by Crippen LogP contribution is -2.44. The Bertz CT molecular complexity index is 412. The highest BCUT2D eigenvalue weighted by molar-refractivity contribution is 5.32. The minimum Gasteiger partial charge on any atom is -0.341 e. The number of rotatable bonds is 2. The maximum atomic E-state index is 4.58. The van der Waals surface area contributed by atoms with E-state index in [0.29, 0.717) is 0 Å². The Morgan fingerprint density at radius 1 is 0.947 bits per heavy atom. The van der Waals surface area contributed by atoms with Gasteiger partial charge in [0.15, 0.2) is 0 Å². The molecule has 2 fully saturated rings. The average molecular weight is 260 g/mol. The van der Waals surface area contributed by atoms with E-state index in [1.807, 2.05) is 6.07 Å². The van der Waals surface area contributed by atoms with E-state index in [9.17, 15) is 0 Å². The largest absolute Gasteiger partial charge is 0.341 e. The molecule has 1 aromatic rings. The second kappa shape index (κ2) is 5.45. The van der Waals surface area contributed by atoms with Gasteiger partial charge < -0.3 is 9.80 Å². The van der Waals surface area contributed by atoms with Crippen LogP contribution in [0.4, 0.5) is 5.95 Å². The van der Waals surface area contributed by atoms with Gasteiger partial charge >= 0.3 is 0 Å². The van der Waals surface area contributed by atoms with Crippen molar-refractivity contribution in [2.75, 3.05) is 31.1 Å². The van der Waals surface area contributed by atoms with Crippen LogP contribution in [0.2, 0.25) is 0 Å². The van der Waals surface area contributed by atoms with Gasteiger partial charge in [-0.3, -0.25) is 0 Å². The van der Waals surface area contributed by atoms with E-state index < -0.39 is 0 Å². The van der Waals surface area contributed by atoms with E-state index in [1.165, 1.54) is 38.8 Å². The van der Waals surface area contributed by atoms with Crippen LogP contribution in [0.25, 0.3) is 0 Å². The zero-order chi connectivity index (χ0) is 13.2. The monoisotopic (exact) mass is 260 g/mol. The standard InChI is InChI=1S/C15H24N4/c1-12-11-13(2)17-15(16-12)19-9-5-14(6-10-19)18-7-3-4-8-18/h11,14H,3-10H2,1-2H3. The first kappa shape index (κ1) is 12.9. The quantitative estimate of drug-likeness (QED) is 0.815. The number of piperidine rings is 1. The third kappa shape index (κ3) is 2.89. The smallest absolute Gasteiger partial charge is 0.225 e. The fourth-order valence-electron chi connectivity index (χ4n) is 3.39. The van der Waals surface area contributed by atoms with Gasteiger partial charge in [-0.25, -0.2) is 9.97 Å². The summed E-state index contributed by atoms with van der Waals surface area (Å²) >= 11 is 0. The summed E-state index contributed by atoms with van der Waals surface area (Å²) in [4.78, 5) is 14.2. The van der Waals surface area contributed by atoms with Crippen molar-refractivity contribution >= 4 is 5.95 Å². The maximum absolute atomic E-state index is 4.58. The highest BCUT2D eigenvalue weighted by Crippen LogP contribution is 2.23. The molecule has 1 aromatic heterocycles. The molecule has 3 heterocycles. The van der Waals surface area contributed by atoms with Crippen LogP contribution in [-0.2, 0) is 0 Å². The first-order valence-electron chi connectivity index (χ1n) is 7.53. The van der Waals surface area contributed by atoms with Crippen LogP contribution in [0.1, 0.15) is 37.1 Å². The molecule has 0 aromatic carbocycles. The predicted octanol–water partition coefficient (Wildman–Crippen LogP) is 2.16. The molecule has 3 rings (SSSR count). The molecule has 4 heteroatoms. The fourth-order valence-corrected chi connectivity index (χ4v) is 3.39. The van der Waals surface area contributed by atoms with Gasteiger partial charge in [0.25, 0.3) is 0 Å². The van der Waals surface area contributed by atoms with Gasteiger partial charge in [-0.05, 0) is 58.7 Å². The minimum atomic E-state index is 0.796. The van der Waals surface area contributed by atoms with Gasteiger partial charge in [-0.1, -0.05) is 0 Å². The molecular formula is C15H24N4. The summed E-state index contributed by atoms with van der Waals surface area (Å²) in [6.45, 7) is 8.92. The molecule has 0 saturated carbocycles. The van der Waals surface area contributed by atoms with Gasteiger partial charge in [0.1, 0.15) is 0 Å². The number of aromatic nitrogens is 2. The maximum Gasteiger partial charge on any atom is 0.225 e. The second-order valence-electron chi connectivity index (χ2n) is 5.91. The lowest BCUT2D eigenvalue weighted by molar-refractivity contribution is 0.207. The van der Waals surface area contributed by atoms with Crippen molar-refractivity contribution in [3.05, 3.63) is 17.5 Å². The molecule has 0 N–H and O–H groups in total. The number of likely N-dealkylation sites (tertiary alicyclic amines) is 1. The molecule has 0 bridgehead atoms. The average Bonchev–Trinajstić information content (AvgIpc) is 2.91. The molecule has 0 spiro atoms. The molecule has 0 unspecified atom stereocenters. The topological polar surface area (TPSA) is 32.3 Å². The van der Waals surface area contributed by atoms with Gasteiger partial charge in [-0.15, -0.1) is 0 Å². The molecule has 19 heavy (non-hydrogen) atoms. The first-order valence-corrected chi connectivity index (χ1v) is 7.53. The number of aryl methyl sites for hydroxylation is 2. The van der Waals surface area contributed by atoms with Crippen molar-refractivity contribution in [1.82, 2.24) is 14.9 Å². The third-order valence-corrected chi connectivity index (χ3v) is 4.37. The number of anilines is 1. The van der Waals surface area contributed by atoms with Crippen LogP contribution >= 0.6 is 0 Å². The zero-order valence-electron chi connectivity index (χ0n) is 12.1. The van der Waals surface area contributed by atoms with E-state index in [-0.39, 0.29) is 0 Å². The van der Waals surface area contributed by atoms with Crippen LogP contribution in [0, 0.1) is 13.8 Å². The Balaban J connectivity index is 1.63. The minimum absolute atomic E-state index is 0.796. The van der Waals surface area contributed by atoms with Crippen molar-refractivity contribution in [1.29, 1.82) is 0 Å². The van der Waals surface area contributed by atoms with Crippen molar-refractivity contribution in [2.24, 2.45) is 0 Å². The molecule has 2 saturated heterocycles. The van der Waals surface area contributed by atoms with Crippen LogP contribution < -0.4 is 4.90 Å². The van der Waals surface area contributed by atoms with E-state index in [4.69, 9.17) is 0 Å². The summed E-state index contributed by atoms with van der Waals surface area (Å²) in [7, 11) is 0. The van der Waals surface area contributed by atoms with Crippen LogP contribution in [-0.4, -0.2) is 47.1 Å². The Kier molecular flexibility index (Phi) is 3.69. The van der Waals surface area contributed by atoms with Gasteiger partial charge in [0.2, 0.25) is 5.95 Å². The van der Waals surface area contributed by atoms with Crippen LogP contribution in [0.5, 0.6) is 0 Å². The van der Waals surface area contributed by atoms with Gasteiger partial charge in [0, 0.05) is 30.5 Å². The van der Waals surface area contributed by atoms with Crippen molar-refractivity contribution in [2.45, 2.75) is 45.6 Å². The zero-order valence-corrected chi connectivity index (χ0v) is 12.1. The number of hydrogen-bond donors (Lipinski definition) is 0. The Morgan fingerprint density at radius 3 is 2.11 bits per heavy atom. The SMILES string of the molecule is Cc1cc(C)nc(N2CCC(N3CCCC3)CC2)n1. The molecule has 0 aliphatic carbocycles. The number of hydrogen-bond acceptors (Lipinski definition) is 4. The molecule has 2 aliphatic rings. The molecule has 0 amide bonds. The summed E-state index contributed by atoms with van der Waals surface area (Å²) in [5.74, 6) is 0.928. The van der Waals surface area contributed by atoms with Crippen molar-refractivity contribution < 1.29 is 0 Å². The van der Waals surface area contributed by atoms with Crippen molar-refractivity contribution in [3.8, 4) is 0 Å². The second-order valence-corrected chi connectivity index (χ2v) is 5.91. The highest BCUT2D eigenvalue weighted by Gasteiger charge is 2.27. The van der Waals surface area contributed by atoms with E-state index in [2.05, 4.69) is 33.6 Å². The summed E-state index contributed by atoms with van der Waals surface area (Å²) < 4.78 is 0. The van der Waals surface area contributed by atoms with Gasteiger partial charge in [0.05, 0.1) is 0 Å². The van der Waals surface area contributed by atoms with Crippen molar-refractivity contribution in [3.63, 3.8) is 0 Å². The summed E-state index contributed by atoms with van der Waals surface area (Å²) in [5, 5.41) is 0. The Morgan fingerprint density at radius 2 is 1.53 bits per heavy atom. The van der Waals surface area contributed by atoms with E-state index in [0.717, 1.165) is 36.5 Å². The molecule has 0 radical (unpaired) electrons. The Hall–Kier alpha value is -1.16. The summed E-state index contributed by atoms with van der Waals surface area (Å²) in [6.07, 6.45) is 5.30. The Labute approximate surface area is 115 Å². The predicted molar refractivity (Wildman–Crippen MR) is 77.5 cm³/mol. The molecular weight excluding hydrogens is 236 g/mol. The highest BCUT2D eigenvalue weighted by atomic mass is 15.3. The third-order valence-electron chi connectivity index (χ3n) is 4.37. The van der Waals surface area contributed by atoms with Gasteiger partial charge in [-0.2, -0.15) is 0 Å². The molecule has 104 valence electrons. The van der Waals surface area contributed by atoms with Crippen LogP contribution in [0.3, 0.4) is 0 Å². The van der Waals surface area contributed by atoms with Crippen LogP contribution in [0.15, 0.2) is 6.07 Å². The number of nitrogens with zero attached hydrogens (tertiary/aromatic N) is 4. The lowest BCUT2D eigenvalue weighted by Gasteiger charge is -2.36. The first-order chi connectivity index (χ1) is 9.22. The lowest BCUT2D eigenvalue weighted by atomic mass is 10.0. The normalized spacial score (nSPS) is 22.1. The molecule has 4 nitrogen and oxygen atoms in total. The molecule has 2 aliphatic heterocycles. The summed E-state index contributed by atoms with van der Waals surface area (Å²) in [6, 6.07) is 2.84. The fraction of sp³-hybridized carbons (Fsp3) is 0.733.